The molecule has 0 aliphatic rings. The second kappa shape index (κ2) is 8.23. The first-order valence-corrected chi connectivity index (χ1v) is 9.09. The number of aromatic nitrogens is 1. The molecule has 0 radical (unpaired) electrons. The topological polar surface area (TPSA) is 64.2 Å². The van der Waals surface area contributed by atoms with Gasteiger partial charge in [0, 0.05) is 18.0 Å². The Morgan fingerprint density at radius 2 is 1.92 bits per heavy atom. The number of nitrogens with one attached hydrogen (secondary N) is 1. The Labute approximate surface area is 156 Å². The van der Waals surface area contributed by atoms with Gasteiger partial charge in [-0.1, -0.05) is 42.8 Å². The second-order valence-corrected chi connectivity index (χ2v) is 6.61. The molecule has 0 aliphatic carbocycles. The van der Waals surface area contributed by atoms with E-state index in [9.17, 15) is 9.59 Å². The van der Waals surface area contributed by atoms with Crippen molar-refractivity contribution in [2.75, 3.05) is 0 Å². The fourth-order valence-electron chi connectivity index (χ4n) is 3.01. The van der Waals surface area contributed by atoms with Crippen LogP contribution in [0.4, 0.5) is 0 Å². The monoisotopic (exact) mass is 372 g/mol. The summed E-state index contributed by atoms with van der Waals surface area (Å²) >= 11 is 5.91. The highest BCUT2D eigenvalue weighted by Gasteiger charge is 2.13. The fraction of sp³-hybridized carbons (Fsp3) is 0.300. The summed E-state index contributed by atoms with van der Waals surface area (Å²) < 4.78 is 6.77. The first kappa shape index (κ1) is 18.3. The van der Waals surface area contributed by atoms with Crippen LogP contribution in [0.3, 0.4) is 0 Å². The van der Waals surface area contributed by atoms with Crippen molar-refractivity contribution in [1.29, 1.82) is 0 Å². The lowest BCUT2D eigenvalue weighted by Crippen LogP contribution is -2.28. The third-order valence-corrected chi connectivity index (χ3v) is 4.63. The van der Waals surface area contributed by atoms with E-state index < -0.39 is 0 Å². The van der Waals surface area contributed by atoms with E-state index >= 15 is 0 Å². The minimum Gasteiger partial charge on any atom is -0.408 e. The number of amides is 1. The number of para-hydroxylation sites is 2. The smallest absolute Gasteiger partial charge is 0.408 e. The van der Waals surface area contributed by atoms with Crippen LogP contribution in [0.25, 0.3) is 11.1 Å². The molecule has 0 spiro atoms. The van der Waals surface area contributed by atoms with Crippen molar-refractivity contribution in [3.63, 3.8) is 0 Å². The van der Waals surface area contributed by atoms with Gasteiger partial charge in [-0.3, -0.25) is 9.36 Å². The molecule has 6 heteroatoms. The van der Waals surface area contributed by atoms with E-state index in [-0.39, 0.29) is 17.7 Å². The van der Waals surface area contributed by atoms with E-state index in [4.69, 9.17) is 16.0 Å². The zero-order valence-corrected chi connectivity index (χ0v) is 15.3. The highest BCUT2D eigenvalue weighted by atomic mass is 35.5. The number of halogens is 1. The maximum Gasteiger partial charge on any atom is 0.419 e. The summed E-state index contributed by atoms with van der Waals surface area (Å²) in [4.78, 5) is 24.2. The van der Waals surface area contributed by atoms with Gasteiger partial charge in [-0.25, -0.2) is 4.79 Å². The van der Waals surface area contributed by atoms with E-state index in [1.54, 1.807) is 10.6 Å². The first-order valence-electron chi connectivity index (χ1n) is 8.71. The van der Waals surface area contributed by atoms with Crippen molar-refractivity contribution < 1.29 is 9.21 Å². The number of benzene rings is 2. The van der Waals surface area contributed by atoms with Crippen LogP contribution in [0, 0.1) is 0 Å². The molecular weight excluding hydrogens is 352 g/mol. The molecule has 1 aromatic heterocycles. The van der Waals surface area contributed by atoms with Gasteiger partial charge in [0.1, 0.15) is 0 Å². The van der Waals surface area contributed by atoms with Gasteiger partial charge >= 0.3 is 5.76 Å². The summed E-state index contributed by atoms with van der Waals surface area (Å²) in [5.74, 6) is -0.424. The predicted octanol–water partition coefficient (Wildman–Crippen LogP) is 4.30. The molecule has 0 bridgehead atoms. The Morgan fingerprint density at radius 3 is 2.65 bits per heavy atom. The minimum atomic E-state index is -0.390. The summed E-state index contributed by atoms with van der Waals surface area (Å²) in [7, 11) is 0. The lowest BCUT2D eigenvalue weighted by atomic mass is 10.0. The van der Waals surface area contributed by atoms with Gasteiger partial charge in [0.2, 0.25) is 5.91 Å². The summed E-state index contributed by atoms with van der Waals surface area (Å²) in [5, 5.41) is 3.72. The van der Waals surface area contributed by atoms with Crippen LogP contribution in [0.5, 0.6) is 0 Å². The predicted molar refractivity (Wildman–Crippen MR) is 102 cm³/mol. The molecule has 1 amide bonds. The highest BCUT2D eigenvalue weighted by Crippen LogP contribution is 2.19. The van der Waals surface area contributed by atoms with E-state index in [1.807, 2.05) is 49.4 Å². The Balaban J connectivity index is 1.57. The molecule has 0 saturated carbocycles. The molecule has 1 heterocycles. The standard InChI is InChI=1S/C20H21ClN2O3/c1-2-16(14-9-11-15(21)12-10-14)22-19(24)8-5-13-23-17-6-3-4-7-18(17)26-20(23)25/h3-4,6-7,9-12,16H,2,5,8,13H2,1H3,(H,22,24). The average molecular weight is 373 g/mol. The van der Waals surface area contributed by atoms with Crippen molar-refractivity contribution in [2.24, 2.45) is 0 Å². The number of hydrogen-bond donors (Lipinski definition) is 1. The minimum absolute atomic E-state index is 0.0346. The van der Waals surface area contributed by atoms with Crippen molar-refractivity contribution in [2.45, 2.75) is 38.8 Å². The zero-order chi connectivity index (χ0) is 18.5. The van der Waals surface area contributed by atoms with Gasteiger partial charge in [0.15, 0.2) is 5.58 Å². The van der Waals surface area contributed by atoms with Crippen LogP contribution in [-0.2, 0) is 11.3 Å². The van der Waals surface area contributed by atoms with Gasteiger partial charge < -0.3 is 9.73 Å². The van der Waals surface area contributed by atoms with Crippen molar-refractivity contribution in [3.8, 4) is 0 Å². The highest BCUT2D eigenvalue weighted by molar-refractivity contribution is 6.30. The third kappa shape index (κ3) is 4.17. The number of fused-ring (bicyclic) bond motifs is 1. The number of carbonyl (C=O) groups is 1. The van der Waals surface area contributed by atoms with Gasteiger partial charge in [-0.2, -0.15) is 0 Å². The number of rotatable bonds is 7. The second-order valence-electron chi connectivity index (χ2n) is 6.17. The Hall–Kier alpha value is -2.53. The SMILES string of the molecule is CCC(NC(=O)CCCn1c(=O)oc2ccccc21)c1ccc(Cl)cc1. The number of hydrogen-bond acceptors (Lipinski definition) is 3. The molecule has 1 N–H and O–H groups in total. The van der Waals surface area contributed by atoms with Gasteiger partial charge in [-0.15, -0.1) is 0 Å². The van der Waals surface area contributed by atoms with E-state index in [1.165, 1.54) is 0 Å². The van der Waals surface area contributed by atoms with Crippen molar-refractivity contribution in [1.82, 2.24) is 9.88 Å². The quantitative estimate of drug-likeness (QED) is 0.672. The molecule has 0 aliphatic heterocycles. The Kier molecular flexibility index (Phi) is 5.78. The van der Waals surface area contributed by atoms with E-state index in [0.717, 1.165) is 17.5 Å². The molecule has 2 aromatic carbocycles. The normalized spacial score (nSPS) is 12.2. The molecule has 0 fully saturated rings. The van der Waals surface area contributed by atoms with Gasteiger partial charge in [0.05, 0.1) is 11.6 Å². The zero-order valence-electron chi connectivity index (χ0n) is 14.6. The molecule has 26 heavy (non-hydrogen) atoms. The molecule has 0 saturated heterocycles. The van der Waals surface area contributed by atoms with E-state index in [2.05, 4.69) is 5.32 Å². The number of nitrogens with zero attached hydrogens (tertiary/aromatic N) is 1. The first-order chi connectivity index (χ1) is 12.6. The lowest BCUT2D eigenvalue weighted by molar-refractivity contribution is -0.122. The van der Waals surface area contributed by atoms with Crippen LogP contribution in [0.15, 0.2) is 57.7 Å². The average Bonchev–Trinajstić information content (AvgIpc) is 2.96. The Bertz CT molecular complexity index is 944. The largest absolute Gasteiger partial charge is 0.419 e. The van der Waals surface area contributed by atoms with Crippen LogP contribution in [0.2, 0.25) is 5.02 Å². The van der Waals surface area contributed by atoms with E-state index in [0.29, 0.717) is 30.0 Å². The summed E-state index contributed by atoms with van der Waals surface area (Å²) in [5.41, 5.74) is 2.35. The number of carbonyl (C=O) groups excluding carboxylic acids is 1. The molecule has 136 valence electrons. The van der Waals surface area contributed by atoms with Gasteiger partial charge in [0.25, 0.3) is 0 Å². The molecule has 1 atom stereocenters. The summed E-state index contributed by atoms with van der Waals surface area (Å²) in [6.07, 6.45) is 1.70. The van der Waals surface area contributed by atoms with Crippen LogP contribution < -0.4 is 11.1 Å². The maximum atomic E-state index is 12.3. The molecular formula is C20H21ClN2O3. The van der Waals surface area contributed by atoms with Gasteiger partial charge in [-0.05, 0) is 42.7 Å². The fourth-order valence-corrected chi connectivity index (χ4v) is 3.13. The molecule has 3 aromatic rings. The Morgan fingerprint density at radius 1 is 1.19 bits per heavy atom. The third-order valence-electron chi connectivity index (χ3n) is 4.38. The van der Waals surface area contributed by atoms with Crippen molar-refractivity contribution >= 4 is 28.6 Å². The number of oxazole rings is 1. The van der Waals surface area contributed by atoms with Crippen LogP contribution in [0.1, 0.15) is 37.8 Å². The molecule has 3 rings (SSSR count). The summed E-state index contributed by atoms with van der Waals surface area (Å²) in [6, 6.07) is 14.7. The van der Waals surface area contributed by atoms with Crippen molar-refractivity contribution in [3.05, 3.63) is 69.7 Å². The summed E-state index contributed by atoms with van der Waals surface area (Å²) in [6.45, 7) is 2.47. The molecule has 1 unspecified atom stereocenters. The lowest BCUT2D eigenvalue weighted by Gasteiger charge is -2.17. The number of aryl methyl sites for hydroxylation is 1. The van der Waals surface area contributed by atoms with Crippen LogP contribution in [-0.4, -0.2) is 10.5 Å². The molecule has 5 nitrogen and oxygen atoms in total. The maximum absolute atomic E-state index is 12.3. The van der Waals surface area contributed by atoms with Crippen LogP contribution >= 0.6 is 11.6 Å².